The Kier molecular flexibility index (Phi) is 2.17. The Hall–Kier alpha value is -2.60. The van der Waals surface area contributed by atoms with Gasteiger partial charge in [-0.1, -0.05) is 61.7 Å². The summed E-state index contributed by atoms with van der Waals surface area (Å²) < 4.78 is 0. The van der Waals surface area contributed by atoms with Crippen LogP contribution in [0.4, 0.5) is 0 Å². The van der Waals surface area contributed by atoms with Crippen LogP contribution in [0.2, 0.25) is 0 Å². The van der Waals surface area contributed by atoms with Crippen molar-refractivity contribution in [2.45, 2.75) is 11.8 Å². The van der Waals surface area contributed by atoms with Crippen molar-refractivity contribution in [3.05, 3.63) is 107 Å². The molecule has 0 heterocycles. The fourth-order valence-electron chi connectivity index (χ4n) is 4.27. The first-order valence-corrected chi connectivity index (χ1v) is 7.75. The van der Waals surface area contributed by atoms with Gasteiger partial charge in [0.05, 0.1) is 0 Å². The highest BCUT2D eigenvalue weighted by molar-refractivity contribution is 5.87. The molecule has 22 heavy (non-hydrogen) atoms. The highest BCUT2D eigenvalue weighted by Crippen LogP contribution is 2.57. The molecule has 3 aliphatic carbocycles. The maximum atomic E-state index is 4.36. The number of fused-ring (bicyclic) bond motifs is 2. The van der Waals surface area contributed by atoms with Crippen LogP contribution < -0.4 is 0 Å². The monoisotopic (exact) mass is 280 g/mol. The van der Waals surface area contributed by atoms with Crippen molar-refractivity contribution in [1.29, 1.82) is 0 Å². The molecule has 0 nitrogen and oxygen atoms in total. The Morgan fingerprint density at radius 2 is 0.955 bits per heavy atom. The minimum absolute atomic E-state index is 0.272. The molecule has 0 saturated heterocycles. The minimum Gasteiger partial charge on any atom is -0.0946 e. The van der Waals surface area contributed by atoms with Gasteiger partial charge in [0, 0.05) is 11.8 Å². The SMILES string of the molecule is C=C1C(=C)C2c3ccccc3C1c1cc3ccccc3cc12. The lowest BCUT2D eigenvalue weighted by molar-refractivity contribution is 0.746. The van der Waals surface area contributed by atoms with E-state index in [9.17, 15) is 0 Å². The summed E-state index contributed by atoms with van der Waals surface area (Å²) in [6.07, 6.45) is 0. The van der Waals surface area contributed by atoms with Crippen LogP contribution in [0, 0.1) is 0 Å². The second-order valence-corrected chi connectivity index (χ2v) is 6.37. The maximum absolute atomic E-state index is 4.36. The third-order valence-corrected chi connectivity index (χ3v) is 5.30. The Bertz CT molecular complexity index is 895. The van der Waals surface area contributed by atoms with Crippen molar-refractivity contribution in [2.75, 3.05) is 0 Å². The third kappa shape index (κ3) is 1.33. The van der Waals surface area contributed by atoms with Crippen LogP contribution in [-0.2, 0) is 0 Å². The van der Waals surface area contributed by atoms with E-state index < -0.39 is 0 Å². The minimum atomic E-state index is 0.272. The molecule has 3 aromatic carbocycles. The molecule has 0 aliphatic heterocycles. The summed E-state index contributed by atoms with van der Waals surface area (Å²) >= 11 is 0. The summed E-state index contributed by atoms with van der Waals surface area (Å²) in [5.74, 6) is 0.543. The van der Waals surface area contributed by atoms with E-state index in [1.165, 1.54) is 44.2 Å². The maximum Gasteiger partial charge on any atom is 0.0343 e. The van der Waals surface area contributed by atoms with Gasteiger partial charge >= 0.3 is 0 Å². The number of hydrogen-bond acceptors (Lipinski definition) is 0. The zero-order valence-electron chi connectivity index (χ0n) is 12.3. The summed E-state index contributed by atoms with van der Waals surface area (Å²) in [6.45, 7) is 8.71. The quantitative estimate of drug-likeness (QED) is 0.507. The zero-order valence-corrected chi connectivity index (χ0v) is 12.3. The van der Waals surface area contributed by atoms with E-state index in [1.54, 1.807) is 0 Å². The number of allylic oxidation sites excluding steroid dienone is 2. The zero-order chi connectivity index (χ0) is 14.8. The van der Waals surface area contributed by atoms with Gasteiger partial charge in [0.1, 0.15) is 0 Å². The van der Waals surface area contributed by atoms with E-state index in [1.807, 2.05) is 0 Å². The topological polar surface area (TPSA) is 0 Å². The molecule has 6 rings (SSSR count). The molecule has 0 aromatic heterocycles. The van der Waals surface area contributed by atoms with Crippen LogP contribution >= 0.6 is 0 Å². The van der Waals surface area contributed by atoms with Crippen LogP contribution in [0.5, 0.6) is 0 Å². The van der Waals surface area contributed by atoms with Crippen molar-refractivity contribution in [1.82, 2.24) is 0 Å². The van der Waals surface area contributed by atoms with Crippen LogP contribution in [0.1, 0.15) is 34.1 Å². The molecule has 3 aliphatic rings. The summed E-state index contributed by atoms with van der Waals surface area (Å²) in [6, 6.07) is 22.1. The average molecular weight is 280 g/mol. The summed E-state index contributed by atoms with van der Waals surface area (Å²) in [5.41, 5.74) is 8.03. The lowest BCUT2D eigenvalue weighted by Gasteiger charge is -2.43. The van der Waals surface area contributed by atoms with Gasteiger partial charge in [-0.15, -0.1) is 0 Å². The van der Waals surface area contributed by atoms with E-state index in [0.717, 1.165) is 0 Å². The molecular formula is C22H16. The van der Waals surface area contributed by atoms with Crippen molar-refractivity contribution in [3.8, 4) is 0 Å². The summed E-state index contributed by atoms with van der Waals surface area (Å²) in [4.78, 5) is 0. The first-order valence-electron chi connectivity index (χ1n) is 7.75. The molecule has 2 unspecified atom stereocenters. The van der Waals surface area contributed by atoms with E-state index in [2.05, 4.69) is 73.8 Å². The molecule has 0 spiro atoms. The first-order chi connectivity index (χ1) is 10.8. The Balaban J connectivity index is 1.91. The van der Waals surface area contributed by atoms with E-state index in [0.29, 0.717) is 0 Å². The van der Waals surface area contributed by atoms with Crippen molar-refractivity contribution < 1.29 is 0 Å². The molecule has 0 N–H and O–H groups in total. The molecule has 0 heteroatoms. The second-order valence-electron chi connectivity index (χ2n) is 6.37. The van der Waals surface area contributed by atoms with Crippen LogP contribution in [0.25, 0.3) is 10.8 Å². The summed E-state index contributed by atoms with van der Waals surface area (Å²) in [7, 11) is 0. The van der Waals surface area contributed by atoms with Crippen molar-refractivity contribution >= 4 is 10.8 Å². The van der Waals surface area contributed by atoms with Crippen LogP contribution in [-0.4, -0.2) is 0 Å². The number of hydrogen-bond donors (Lipinski definition) is 0. The smallest absolute Gasteiger partial charge is 0.0343 e. The number of rotatable bonds is 0. The Labute approximate surface area is 130 Å². The number of benzene rings is 3. The molecule has 2 bridgehead atoms. The third-order valence-electron chi connectivity index (χ3n) is 5.30. The normalized spacial score (nSPS) is 21.8. The molecule has 2 atom stereocenters. The lowest BCUT2D eigenvalue weighted by atomic mass is 9.60. The molecule has 104 valence electrons. The fourth-order valence-corrected chi connectivity index (χ4v) is 4.27. The average Bonchev–Trinajstić information content (AvgIpc) is 2.56. The second kappa shape index (κ2) is 3.98. The Morgan fingerprint density at radius 3 is 1.41 bits per heavy atom. The van der Waals surface area contributed by atoms with Gasteiger partial charge in [-0.25, -0.2) is 0 Å². The van der Waals surface area contributed by atoms with Crippen molar-refractivity contribution in [3.63, 3.8) is 0 Å². The van der Waals surface area contributed by atoms with E-state index in [4.69, 9.17) is 0 Å². The highest BCUT2D eigenvalue weighted by atomic mass is 14.4. The van der Waals surface area contributed by atoms with Gasteiger partial charge in [-0.05, 0) is 56.3 Å². The van der Waals surface area contributed by atoms with E-state index in [-0.39, 0.29) is 11.8 Å². The molecular weight excluding hydrogens is 264 g/mol. The largest absolute Gasteiger partial charge is 0.0946 e. The van der Waals surface area contributed by atoms with Gasteiger partial charge < -0.3 is 0 Å². The summed E-state index contributed by atoms with van der Waals surface area (Å²) in [5, 5.41) is 2.62. The van der Waals surface area contributed by atoms with Crippen molar-refractivity contribution in [2.24, 2.45) is 0 Å². The predicted molar refractivity (Wildman–Crippen MR) is 92.4 cm³/mol. The van der Waals surface area contributed by atoms with Crippen LogP contribution in [0.3, 0.4) is 0 Å². The molecule has 0 amide bonds. The van der Waals surface area contributed by atoms with E-state index >= 15 is 0 Å². The molecule has 0 fully saturated rings. The van der Waals surface area contributed by atoms with Gasteiger partial charge in [0.2, 0.25) is 0 Å². The predicted octanol–water partition coefficient (Wildman–Crippen LogP) is 5.54. The molecule has 3 aromatic rings. The first kappa shape index (κ1) is 12.0. The molecule has 0 saturated carbocycles. The standard InChI is InChI=1S/C22H16/c1-13-14(2)22-18-10-6-5-9-17(18)21(13)19-11-15-7-3-4-8-16(15)12-20(19)22/h3-12,21-22H,1-2H2. The van der Waals surface area contributed by atoms with Gasteiger partial charge in [0.15, 0.2) is 0 Å². The van der Waals surface area contributed by atoms with Gasteiger partial charge in [-0.2, -0.15) is 0 Å². The molecule has 0 radical (unpaired) electrons. The van der Waals surface area contributed by atoms with Gasteiger partial charge in [0.25, 0.3) is 0 Å². The Morgan fingerprint density at radius 1 is 0.545 bits per heavy atom. The van der Waals surface area contributed by atoms with Gasteiger partial charge in [-0.3, -0.25) is 0 Å². The lowest BCUT2D eigenvalue weighted by Crippen LogP contribution is -2.28. The highest BCUT2D eigenvalue weighted by Gasteiger charge is 2.41. The van der Waals surface area contributed by atoms with Crippen LogP contribution in [0.15, 0.2) is 85.0 Å². The fraction of sp³-hybridized carbons (Fsp3) is 0.0909.